The monoisotopic (exact) mass is 175 g/mol. The third-order valence-electron chi connectivity index (χ3n) is 2.00. The van der Waals surface area contributed by atoms with Gasteiger partial charge in [-0.25, -0.2) is 4.79 Å². The molecule has 0 radical (unpaired) electrons. The summed E-state index contributed by atoms with van der Waals surface area (Å²) >= 11 is 0. The molecule has 0 bridgehead atoms. The highest BCUT2D eigenvalue weighted by Crippen LogP contribution is 2.12. The highest BCUT2D eigenvalue weighted by Gasteiger charge is 2.20. The molecule has 1 N–H and O–H groups in total. The quantitative estimate of drug-likeness (QED) is 0.361. The second-order valence-corrected chi connectivity index (χ2v) is 2.96. The molecule has 0 aromatic heterocycles. The van der Waals surface area contributed by atoms with Crippen LogP contribution in [0.2, 0.25) is 0 Å². The molecule has 1 saturated heterocycles. The third-order valence-corrected chi connectivity index (χ3v) is 2.00. The normalized spacial score (nSPS) is 20.5. The molecule has 0 amide bonds. The summed E-state index contributed by atoms with van der Waals surface area (Å²) in [5, 5.41) is 7.93. The first-order valence-electron chi connectivity index (χ1n) is 3.93. The van der Waals surface area contributed by atoms with Gasteiger partial charge < -0.3 is 9.64 Å². The van der Waals surface area contributed by atoms with Crippen molar-refractivity contribution < 1.29 is 19.7 Å². The van der Waals surface area contributed by atoms with Crippen LogP contribution in [0, 0.1) is 0 Å². The predicted octanol–water partition coefficient (Wildman–Crippen LogP) is 0.707. The van der Waals surface area contributed by atoms with E-state index in [9.17, 15) is 4.79 Å². The summed E-state index contributed by atoms with van der Waals surface area (Å²) in [4.78, 5) is 16.0. The predicted molar refractivity (Wildman–Crippen MR) is 40.7 cm³/mol. The number of nitrogens with zero attached hydrogens (tertiary/aromatic N) is 1. The molecule has 1 fully saturated rings. The molecule has 0 atom stereocenters. The Hall–Kier alpha value is -0.810. The van der Waals surface area contributed by atoms with Crippen LogP contribution in [0.3, 0.4) is 0 Å². The zero-order chi connectivity index (χ0) is 8.97. The number of ether oxygens (including phenoxy) is 1. The Morgan fingerprint density at radius 3 is 2.58 bits per heavy atom. The van der Waals surface area contributed by atoms with Crippen molar-refractivity contribution in [2.45, 2.75) is 18.9 Å². The molecular formula is C7H13NO4. The average Bonchev–Trinajstić information content (AvgIpc) is 2.09. The number of piperidine rings is 1. The Labute approximate surface area is 70.8 Å². The lowest BCUT2D eigenvalue weighted by molar-refractivity contribution is -0.206. The fraction of sp³-hybridized carbons (Fsp3) is 0.857. The minimum Gasteiger partial charge on any atom is -0.429 e. The number of carbonyl (C=O) groups excluding carboxylic acids is 1. The van der Waals surface area contributed by atoms with Gasteiger partial charge in [0, 0.05) is 13.1 Å². The molecule has 0 spiro atoms. The maximum Gasteiger partial charge on any atom is 0.540 e. The fourth-order valence-corrected chi connectivity index (χ4v) is 1.26. The molecule has 5 nitrogen and oxygen atoms in total. The van der Waals surface area contributed by atoms with E-state index in [4.69, 9.17) is 9.99 Å². The number of hydrogen-bond donors (Lipinski definition) is 1. The van der Waals surface area contributed by atoms with Crippen molar-refractivity contribution >= 4 is 6.16 Å². The average molecular weight is 175 g/mol. The molecule has 0 saturated carbocycles. The third kappa shape index (κ3) is 2.67. The van der Waals surface area contributed by atoms with E-state index in [-0.39, 0.29) is 6.10 Å². The molecule has 70 valence electrons. The van der Waals surface area contributed by atoms with Gasteiger partial charge >= 0.3 is 6.16 Å². The van der Waals surface area contributed by atoms with Crippen molar-refractivity contribution in [1.29, 1.82) is 0 Å². The zero-order valence-corrected chi connectivity index (χ0v) is 7.02. The van der Waals surface area contributed by atoms with Crippen molar-refractivity contribution in [2.24, 2.45) is 0 Å². The van der Waals surface area contributed by atoms with Gasteiger partial charge in [0.1, 0.15) is 6.10 Å². The standard InChI is InChI=1S/C7H13NO4/c1-8-4-2-6(3-5-8)11-7(9)12-10/h6,10H,2-5H2,1H3. The van der Waals surface area contributed by atoms with Gasteiger partial charge in [0.25, 0.3) is 0 Å². The van der Waals surface area contributed by atoms with Crippen LogP contribution in [0.4, 0.5) is 4.79 Å². The van der Waals surface area contributed by atoms with Crippen molar-refractivity contribution in [3.63, 3.8) is 0 Å². The van der Waals surface area contributed by atoms with Gasteiger partial charge in [-0.15, -0.1) is 0 Å². The molecular weight excluding hydrogens is 162 g/mol. The second-order valence-electron chi connectivity index (χ2n) is 2.96. The molecule has 5 heteroatoms. The molecule has 0 aliphatic carbocycles. The maximum atomic E-state index is 10.5. The molecule has 0 aromatic rings. The smallest absolute Gasteiger partial charge is 0.429 e. The van der Waals surface area contributed by atoms with Crippen LogP contribution < -0.4 is 0 Å². The van der Waals surface area contributed by atoms with Gasteiger partial charge in [-0.1, -0.05) is 0 Å². The van der Waals surface area contributed by atoms with Crippen LogP contribution in [0.15, 0.2) is 0 Å². The van der Waals surface area contributed by atoms with Gasteiger partial charge in [-0.05, 0) is 19.9 Å². The van der Waals surface area contributed by atoms with E-state index in [2.05, 4.69) is 9.79 Å². The summed E-state index contributed by atoms with van der Waals surface area (Å²) in [5.41, 5.74) is 0. The first kappa shape index (κ1) is 9.28. The first-order chi connectivity index (χ1) is 5.72. The van der Waals surface area contributed by atoms with Crippen molar-refractivity contribution in [1.82, 2.24) is 4.90 Å². The zero-order valence-electron chi connectivity index (χ0n) is 7.02. The lowest BCUT2D eigenvalue weighted by Gasteiger charge is -2.27. The summed E-state index contributed by atoms with van der Waals surface area (Å²) in [6.07, 6.45) is 0.474. The topological polar surface area (TPSA) is 59.0 Å². The molecule has 0 unspecified atom stereocenters. The molecule has 0 aromatic carbocycles. The van der Waals surface area contributed by atoms with E-state index in [0.29, 0.717) is 0 Å². The summed E-state index contributed by atoms with van der Waals surface area (Å²) in [6, 6.07) is 0. The molecule has 1 aliphatic rings. The highest BCUT2D eigenvalue weighted by molar-refractivity contribution is 5.59. The highest BCUT2D eigenvalue weighted by atomic mass is 17.1. The lowest BCUT2D eigenvalue weighted by Crippen LogP contribution is -2.35. The van der Waals surface area contributed by atoms with Crippen LogP contribution in [0.5, 0.6) is 0 Å². The number of carbonyl (C=O) groups is 1. The minimum absolute atomic E-state index is 0.110. The number of likely N-dealkylation sites (tertiary alicyclic amines) is 1. The Balaban J connectivity index is 2.21. The van der Waals surface area contributed by atoms with Crippen molar-refractivity contribution in [2.75, 3.05) is 20.1 Å². The van der Waals surface area contributed by atoms with Crippen molar-refractivity contribution in [3.8, 4) is 0 Å². The minimum atomic E-state index is -1.01. The van der Waals surface area contributed by atoms with E-state index >= 15 is 0 Å². The summed E-state index contributed by atoms with van der Waals surface area (Å²) < 4.78 is 4.75. The van der Waals surface area contributed by atoms with E-state index < -0.39 is 6.16 Å². The summed E-state index contributed by atoms with van der Waals surface area (Å²) in [7, 11) is 2.01. The van der Waals surface area contributed by atoms with Gasteiger partial charge in [0.2, 0.25) is 0 Å². The van der Waals surface area contributed by atoms with E-state index in [1.807, 2.05) is 7.05 Å². The Kier molecular flexibility index (Phi) is 3.31. The molecule has 1 heterocycles. The van der Waals surface area contributed by atoms with E-state index in [1.165, 1.54) is 0 Å². The van der Waals surface area contributed by atoms with Crippen LogP contribution in [-0.4, -0.2) is 42.6 Å². The summed E-state index contributed by atoms with van der Waals surface area (Å²) in [6.45, 7) is 1.81. The van der Waals surface area contributed by atoms with E-state index in [0.717, 1.165) is 25.9 Å². The lowest BCUT2D eigenvalue weighted by atomic mass is 10.1. The van der Waals surface area contributed by atoms with Crippen molar-refractivity contribution in [3.05, 3.63) is 0 Å². The Bertz CT molecular complexity index is 153. The van der Waals surface area contributed by atoms with Gasteiger partial charge in [0.05, 0.1) is 0 Å². The second kappa shape index (κ2) is 4.27. The SMILES string of the molecule is CN1CCC(OC(=O)OO)CC1. The maximum absolute atomic E-state index is 10.5. The van der Waals surface area contributed by atoms with Crippen LogP contribution in [0.1, 0.15) is 12.8 Å². The fourth-order valence-electron chi connectivity index (χ4n) is 1.26. The first-order valence-corrected chi connectivity index (χ1v) is 3.93. The molecule has 1 aliphatic heterocycles. The van der Waals surface area contributed by atoms with Crippen LogP contribution in [-0.2, 0) is 9.62 Å². The largest absolute Gasteiger partial charge is 0.540 e. The van der Waals surface area contributed by atoms with E-state index in [1.54, 1.807) is 0 Å². The Morgan fingerprint density at radius 2 is 2.08 bits per heavy atom. The van der Waals surface area contributed by atoms with Gasteiger partial charge in [0.15, 0.2) is 0 Å². The van der Waals surface area contributed by atoms with Gasteiger partial charge in [-0.3, -0.25) is 4.89 Å². The number of hydrogen-bond acceptors (Lipinski definition) is 5. The van der Waals surface area contributed by atoms with Crippen LogP contribution in [0.25, 0.3) is 0 Å². The Morgan fingerprint density at radius 1 is 1.50 bits per heavy atom. The van der Waals surface area contributed by atoms with Crippen LogP contribution >= 0.6 is 0 Å². The molecule has 1 rings (SSSR count). The van der Waals surface area contributed by atoms with Gasteiger partial charge in [-0.2, -0.15) is 5.26 Å². The summed E-state index contributed by atoms with van der Waals surface area (Å²) in [5.74, 6) is 0. The molecule has 12 heavy (non-hydrogen) atoms. The number of rotatable bonds is 1.